The molecule has 1 aliphatic rings. The Bertz CT molecular complexity index is 464. The van der Waals surface area contributed by atoms with E-state index in [0.717, 1.165) is 48.5 Å². The largest absolute Gasteiger partial charge is 0.618 e. The molecule has 1 aromatic rings. The summed E-state index contributed by atoms with van der Waals surface area (Å²) in [5.74, 6) is 0.255. The van der Waals surface area contributed by atoms with Crippen LogP contribution in [0.15, 0.2) is 12.3 Å². The van der Waals surface area contributed by atoms with Gasteiger partial charge >= 0.3 is 0 Å². The van der Waals surface area contributed by atoms with E-state index in [1.54, 1.807) is 13.0 Å². The SMILES string of the molecule is CCCC1(CCOc2cc[n+]([O-])c(C)c2C)OCCCO1. The fraction of sp³-hybridized carbons (Fsp3) is 0.688. The van der Waals surface area contributed by atoms with Crippen molar-refractivity contribution in [2.45, 2.75) is 52.2 Å². The molecule has 0 amide bonds. The molecule has 0 bridgehead atoms. The summed E-state index contributed by atoms with van der Waals surface area (Å²) >= 11 is 0. The third-order valence-corrected chi connectivity index (χ3v) is 3.99. The van der Waals surface area contributed by atoms with Crippen molar-refractivity contribution in [2.75, 3.05) is 19.8 Å². The highest BCUT2D eigenvalue weighted by Crippen LogP contribution is 2.28. The molecule has 1 saturated heterocycles. The first-order valence-corrected chi connectivity index (χ1v) is 7.68. The maximum absolute atomic E-state index is 11.5. The molecule has 2 heterocycles. The summed E-state index contributed by atoms with van der Waals surface area (Å²) in [4.78, 5) is 0. The average molecular weight is 295 g/mol. The fourth-order valence-corrected chi connectivity index (χ4v) is 2.60. The van der Waals surface area contributed by atoms with Crippen LogP contribution in [0.25, 0.3) is 0 Å². The third-order valence-electron chi connectivity index (χ3n) is 3.99. The molecule has 21 heavy (non-hydrogen) atoms. The molecule has 118 valence electrons. The normalized spacial score (nSPS) is 17.7. The van der Waals surface area contributed by atoms with Gasteiger partial charge in [0.05, 0.1) is 25.4 Å². The van der Waals surface area contributed by atoms with Crippen molar-refractivity contribution in [3.05, 3.63) is 28.7 Å². The molecule has 0 N–H and O–H groups in total. The van der Waals surface area contributed by atoms with Crippen LogP contribution in [-0.4, -0.2) is 25.6 Å². The van der Waals surface area contributed by atoms with Crippen molar-refractivity contribution in [1.82, 2.24) is 0 Å². The van der Waals surface area contributed by atoms with Crippen LogP contribution < -0.4 is 9.47 Å². The van der Waals surface area contributed by atoms with Gasteiger partial charge in [-0.15, -0.1) is 0 Å². The summed E-state index contributed by atoms with van der Waals surface area (Å²) in [6.45, 7) is 7.83. The van der Waals surface area contributed by atoms with E-state index in [-0.39, 0.29) is 0 Å². The highest BCUT2D eigenvalue weighted by Gasteiger charge is 2.33. The molecule has 1 aromatic heterocycles. The van der Waals surface area contributed by atoms with Crippen molar-refractivity contribution in [3.8, 4) is 5.75 Å². The minimum atomic E-state index is -0.497. The topological polar surface area (TPSA) is 54.6 Å². The van der Waals surface area contributed by atoms with Crippen molar-refractivity contribution in [1.29, 1.82) is 0 Å². The molecular weight excluding hydrogens is 270 g/mol. The monoisotopic (exact) mass is 295 g/mol. The Hall–Kier alpha value is -1.33. The van der Waals surface area contributed by atoms with Crippen LogP contribution in [0.1, 0.15) is 43.9 Å². The van der Waals surface area contributed by atoms with Gasteiger partial charge in [-0.05, 0) is 13.3 Å². The quantitative estimate of drug-likeness (QED) is 0.598. The predicted octanol–water partition coefficient (Wildman–Crippen LogP) is 2.64. The van der Waals surface area contributed by atoms with Crippen LogP contribution in [0.4, 0.5) is 0 Å². The highest BCUT2D eigenvalue weighted by atomic mass is 16.7. The van der Waals surface area contributed by atoms with Gasteiger partial charge in [0, 0.05) is 25.8 Å². The Morgan fingerprint density at radius 2 is 2.00 bits per heavy atom. The molecule has 2 rings (SSSR count). The molecule has 0 unspecified atom stereocenters. The fourth-order valence-electron chi connectivity index (χ4n) is 2.60. The second kappa shape index (κ2) is 7.09. The van der Waals surface area contributed by atoms with E-state index in [1.807, 2.05) is 6.92 Å². The summed E-state index contributed by atoms with van der Waals surface area (Å²) < 4.78 is 18.4. The van der Waals surface area contributed by atoms with E-state index >= 15 is 0 Å². The Morgan fingerprint density at radius 3 is 2.67 bits per heavy atom. The molecule has 0 saturated carbocycles. The van der Waals surface area contributed by atoms with Gasteiger partial charge in [-0.3, -0.25) is 0 Å². The zero-order chi connectivity index (χ0) is 15.3. The first-order valence-electron chi connectivity index (χ1n) is 7.68. The van der Waals surface area contributed by atoms with Crippen LogP contribution in [0.3, 0.4) is 0 Å². The van der Waals surface area contributed by atoms with Gasteiger partial charge in [0.25, 0.3) is 0 Å². The Balaban J connectivity index is 1.95. The van der Waals surface area contributed by atoms with Crippen LogP contribution >= 0.6 is 0 Å². The number of hydrogen-bond acceptors (Lipinski definition) is 4. The van der Waals surface area contributed by atoms with Crippen molar-refractivity contribution < 1.29 is 18.9 Å². The first-order chi connectivity index (χ1) is 10.1. The first kappa shape index (κ1) is 16.0. The van der Waals surface area contributed by atoms with Gasteiger partial charge in [-0.25, -0.2) is 0 Å². The van der Waals surface area contributed by atoms with E-state index in [0.29, 0.717) is 18.7 Å². The number of aromatic nitrogens is 1. The lowest BCUT2D eigenvalue weighted by atomic mass is 10.1. The van der Waals surface area contributed by atoms with E-state index in [9.17, 15) is 5.21 Å². The van der Waals surface area contributed by atoms with Crippen LogP contribution in [-0.2, 0) is 9.47 Å². The molecule has 0 aromatic carbocycles. The van der Waals surface area contributed by atoms with Crippen LogP contribution in [0.2, 0.25) is 0 Å². The van der Waals surface area contributed by atoms with Crippen molar-refractivity contribution in [3.63, 3.8) is 0 Å². The van der Waals surface area contributed by atoms with Gasteiger partial charge < -0.3 is 19.4 Å². The highest BCUT2D eigenvalue weighted by molar-refractivity contribution is 5.31. The van der Waals surface area contributed by atoms with Crippen LogP contribution in [0.5, 0.6) is 5.75 Å². The molecule has 0 aliphatic carbocycles. The Morgan fingerprint density at radius 1 is 1.29 bits per heavy atom. The molecule has 5 heteroatoms. The summed E-state index contributed by atoms with van der Waals surface area (Å²) in [7, 11) is 0. The molecule has 0 atom stereocenters. The van der Waals surface area contributed by atoms with Crippen molar-refractivity contribution in [2.24, 2.45) is 0 Å². The van der Waals surface area contributed by atoms with Gasteiger partial charge in [0.15, 0.2) is 17.7 Å². The molecule has 0 radical (unpaired) electrons. The zero-order valence-corrected chi connectivity index (χ0v) is 13.2. The van der Waals surface area contributed by atoms with Crippen molar-refractivity contribution >= 4 is 0 Å². The second-order valence-electron chi connectivity index (χ2n) is 5.53. The van der Waals surface area contributed by atoms with Gasteiger partial charge in [0.2, 0.25) is 0 Å². The third kappa shape index (κ3) is 3.86. The number of ether oxygens (including phenoxy) is 3. The van der Waals surface area contributed by atoms with E-state index < -0.39 is 5.79 Å². The van der Waals surface area contributed by atoms with E-state index in [4.69, 9.17) is 14.2 Å². The summed E-state index contributed by atoms with van der Waals surface area (Å²) in [5, 5.41) is 11.5. The smallest absolute Gasteiger partial charge is 0.196 e. The summed E-state index contributed by atoms with van der Waals surface area (Å²) in [5.41, 5.74) is 1.54. The average Bonchev–Trinajstić information content (AvgIpc) is 2.49. The summed E-state index contributed by atoms with van der Waals surface area (Å²) in [6.07, 6.45) is 5.02. The standard InChI is InChI=1S/C16H25NO4/c1-4-7-16(20-10-5-11-21-16)8-12-19-15-6-9-17(18)14(3)13(15)2/h6,9H,4-5,7-8,10-12H2,1-3H3. The second-order valence-corrected chi connectivity index (χ2v) is 5.53. The number of nitrogens with zero attached hydrogens (tertiary/aromatic N) is 1. The number of rotatable bonds is 6. The molecule has 1 fully saturated rings. The zero-order valence-electron chi connectivity index (χ0n) is 13.2. The van der Waals surface area contributed by atoms with Gasteiger partial charge in [0.1, 0.15) is 5.75 Å². The predicted molar refractivity (Wildman–Crippen MR) is 79.1 cm³/mol. The van der Waals surface area contributed by atoms with E-state index in [2.05, 4.69) is 6.92 Å². The van der Waals surface area contributed by atoms with Crippen LogP contribution in [0, 0.1) is 19.1 Å². The minimum absolute atomic E-state index is 0.497. The van der Waals surface area contributed by atoms with E-state index in [1.165, 1.54) is 6.20 Å². The van der Waals surface area contributed by atoms with Gasteiger partial charge in [-0.1, -0.05) is 13.3 Å². The maximum Gasteiger partial charge on any atom is 0.196 e. The summed E-state index contributed by atoms with van der Waals surface area (Å²) in [6, 6.07) is 1.71. The molecule has 5 nitrogen and oxygen atoms in total. The number of hydrogen-bond donors (Lipinski definition) is 0. The Labute approximate surface area is 126 Å². The molecular formula is C16H25NO4. The lowest BCUT2D eigenvalue weighted by molar-refractivity contribution is -0.612. The lowest BCUT2D eigenvalue weighted by Crippen LogP contribution is -2.41. The maximum atomic E-state index is 11.5. The Kier molecular flexibility index (Phi) is 5.42. The molecule has 1 aliphatic heterocycles. The molecule has 0 spiro atoms. The number of pyridine rings is 1. The van der Waals surface area contributed by atoms with Gasteiger partial charge in [-0.2, -0.15) is 4.73 Å². The lowest BCUT2D eigenvalue weighted by Gasteiger charge is -2.37. The minimum Gasteiger partial charge on any atom is -0.618 e.